The highest BCUT2D eigenvalue weighted by Crippen LogP contribution is 2.16. The Morgan fingerprint density at radius 3 is 2.42 bits per heavy atom. The third-order valence-electron chi connectivity index (χ3n) is 2.48. The van der Waals surface area contributed by atoms with E-state index in [0.29, 0.717) is 13.1 Å². The summed E-state index contributed by atoms with van der Waals surface area (Å²) in [5.74, 6) is 0. The number of rotatable bonds is 4. The van der Waals surface area contributed by atoms with Crippen molar-refractivity contribution in [3.05, 3.63) is 56.7 Å². The van der Waals surface area contributed by atoms with Gasteiger partial charge in [-0.2, -0.15) is 0 Å². The van der Waals surface area contributed by atoms with Gasteiger partial charge in [0.1, 0.15) is 0 Å². The maximum absolute atomic E-state index is 11.2. The zero-order valence-corrected chi connectivity index (χ0v) is 13.2. The first kappa shape index (κ1) is 16.0. The number of halogens is 2. The molecule has 102 valence electrons. The predicted molar refractivity (Wildman–Crippen MR) is 83.0 cm³/mol. The zero-order valence-electron chi connectivity index (χ0n) is 9.95. The zero-order chi connectivity index (χ0) is 13.0. The van der Waals surface area contributed by atoms with Gasteiger partial charge in [0, 0.05) is 15.9 Å². The van der Waals surface area contributed by atoms with Gasteiger partial charge in [-0.25, -0.2) is 4.79 Å². The number of benzene rings is 1. The van der Waals surface area contributed by atoms with E-state index >= 15 is 0 Å². The molecule has 1 heterocycles. The molecule has 1 aromatic carbocycles. The van der Waals surface area contributed by atoms with Crippen molar-refractivity contribution >= 4 is 45.8 Å². The van der Waals surface area contributed by atoms with Crippen molar-refractivity contribution in [3.63, 3.8) is 0 Å². The second kappa shape index (κ2) is 7.53. The Morgan fingerprint density at radius 1 is 1.21 bits per heavy atom. The van der Waals surface area contributed by atoms with Crippen LogP contribution in [0.25, 0.3) is 0 Å². The highest BCUT2D eigenvalue weighted by molar-refractivity contribution is 9.10. The average Bonchev–Trinajstić information content (AvgIpc) is 2.84. The van der Waals surface area contributed by atoms with E-state index in [-0.39, 0.29) is 12.4 Å². The summed E-state index contributed by atoms with van der Waals surface area (Å²) in [5.41, 5.74) is 0.983. The van der Waals surface area contributed by atoms with Crippen LogP contribution in [0.4, 0.5) is 4.79 Å². The standard InChI is InChI=1S/C13H12BrNO2S.ClH/c14-11-5-3-10(4-6-11)8-15(13(16)17)9-12-2-1-7-18-12;/h1-7H,8-9H2,(H,16,17);1H. The summed E-state index contributed by atoms with van der Waals surface area (Å²) >= 11 is 4.93. The molecule has 0 fully saturated rings. The summed E-state index contributed by atoms with van der Waals surface area (Å²) in [6.45, 7) is 0.837. The third kappa shape index (κ3) is 4.86. The quantitative estimate of drug-likeness (QED) is 0.862. The summed E-state index contributed by atoms with van der Waals surface area (Å²) in [6.07, 6.45) is -0.897. The van der Waals surface area contributed by atoms with Crippen molar-refractivity contribution < 1.29 is 9.90 Å². The van der Waals surface area contributed by atoms with Gasteiger partial charge in [0.2, 0.25) is 0 Å². The molecule has 19 heavy (non-hydrogen) atoms. The van der Waals surface area contributed by atoms with Gasteiger partial charge in [0.15, 0.2) is 0 Å². The van der Waals surface area contributed by atoms with Crippen molar-refractivity contribution in [2.75, 3.05) is 0 Å². The van der Waals surface area contributed by atoms with E-state index in [9.17, 15) is 9.90 Å². The van der Waals surface area contributed by atoms with Crippen LogP contribution in [0.5, 0.6) is 0 Å². The second-order valence-electron chi connectivity index (χ2n) is 3.84. The Hall–Kier alpha value is -1.04. The molecule has 2 aromatic rings. The molecule has 0 radical (unpaired) electrons. The highest BCUT2D eigenvalue weighted by atomic mass is 79.9. The third-order valence-corrected chi connectivity index (χ3v) is 3.87. The fourth-order valence-corrected chi connectivity index (χ4v) is 2.58. The van der Waals surface area contributed by atoms with E-state index in [1.54, 1.807) is 11.3 Å². The molecule has 0 aliphatic rings. The molecule has 0 aliphatic heterocycles. The van der Waals surface area contributed by atoms with E-state index in [2.05, 4.69) is 15.9 Å². The number of hydrogen-bond donors (Lipinski definition) is 1. The van der Waals surface area contributed by atoms with Crippen LogP contribution in [-0.2, 0) is 13.1 Å². The Kier molecular flexibility index (Phi) is 6.34. The van der Waals surface area contributed by atoms with Crippen LogP contribution in [0.1, 0.15) is 10.4 Å². The smallest absolute Gasteiger partial charge is 0.407 e. The SMILES string of the molecule is Cl.O=C(O)N(Cc1ccc(Br)cc1)Cc1cccs1. The predicted octanol–water partition coefficient (Wildman–Crippen LogP) is 4.61. The Labute approximate surface area is 130 Å². The van der Waals surface area contributed by atoms with Gasteiger partial charge in [0.25, 0.3) is 0 Å². The normalized spacial score (nSPS) is 9.74. The van der Waals surface area contributed by atoms with Crippen LogP contribution < -0.4 is 0 Å². The maximum Gasteiger partial charge on any atom is 0.407 e. The lowest BCUT2D eigenvalue weighted by atomic mass is 10.2. The van der Waals surface area contributed by atoms with Gasteiger partial charge in [0.05, 0.1) is 6.54 Å². The molecular weight excluding hydrogens is 350 g/mol. The number of amides is 1. The molecule has 6 heteroatoms. The molecule has 1 amide bonds. The van der Waals surface area contributed by atoms with Crippen LogP contribution in [0.15, 0.2) is 46.3 Å². The number of carboxylic acid groups (broad SMARTS) is 1. The lowest BCUT2D eigenvalue weighted by molar-refractivity contribution is 0.140. The molecule has 0 atom stereocenters. The maximum atomic E-state index is 11.2. The molecule has 0 saturated carbocycles. The van der Waals surface area contributed by atoms with Gasteiger partial charge < -0.3 is 5.11 Å². The van der Waals surface area contributed by atoms with Crippen molar-refractivity contribution in [3.8, 4) is 0 Å². The van der Waals surface area contributed by atoms with Gasteiger partial charge in [-0.3, -0.25) is 4.90 Å². The molecule has 0 spiro atoms. The number of thiophene rings is 1. The summed E-state index contributed by atoms with van der Waals surface area (Å²) in [6, 6.07) is 11.6. The van der Waals surface area contributed by atoms with Gasteiger partial charge in [-0.05, 0) is 29.1 Å². The molecule has 0 aliphatic carbocycles. The van der Waals surface area contributed by atoms with Gasteiger partial charge in [-0.15, -0.1) is 23.7 Å². The first-order valence-corrected chi connectivity index (χ1v) is 7.07. The minimum atomic E-state index is -0.897. The van der Waals surface area contributed by atoms with E-state index in [1.807, 2.05) is 41.8 Å². The Balaban J connectivity index is 0.00000180. The van der Waals surface area contributed by atoms with Crippen molar-refractivity contribution in [2.45, 2.75) is 13.1 Å². The van der Waals surface area contributed by atoms with Crippen LogP contribution >= 0.6 is 39.7 Å². The number of carbonyl (C=O) groups is 1. The Bertz CT molecular complexity index is 516. The van der Waals surface area contributed by atoms with Crippen LogP contribution in [-0.4, -0.2) is 16.1 Å². The molecule has 1 aromatic heterocycles. The van der Waals surface area contributed by atoms with Crippen LogP contribution in [0.2, 0.25) is 0 Å². The summed E-state index contributed by atoms with van der Waals surface area (Å²) in [4.78, 5) is 13.7. The fourth-order valence-electron chi connectivity index (χ4n) is 1.59. The lowest BCUT2D eigenvalue weighted by Crippen LogP contribution is -2.27. The topological polar surface area (TPSA) is 40.5 Å². The van der Waals surface area contributed by atoms with E-state index < -0.39 is 6.09 Å². The van der Waals surface area contributed by atoms with Crippen molar-refractivity contribution in [2.24, 2.45) is 0 Å². The van der Waals surface area contributed by atoms with E-state index in [4.69, 9.17) is 0 Å². The summed E-state index contributed by atoms with van der Waals surface area (Å²) in [5, 5.41) is 11.2. The van der Waals surface area contributed by atoms with Gasteiger partial charge in [-0.1, -0.05) is 34.1 Å². The van der Waals surface area contributed by atoms with E-state index in [0.717, 1.165) is 14.9 Å². The first-order valence-electron chi connectivity index (χ1n) is 5.40. The fraction of sp³-hybridized carbons (Fsp3) is 0.154. The van der Waals surface area contributed by atoms with Crippen LogP contribution in [0, 0.1) is 0 Å². The van der Waals surface area contributed by atoms with E-state index in [1.165, 1.54) is 4.90 Å². The monoisotopic (exact) mass is 361 g/mol. The second-order valence-corrected chi connectivity index (χ2v) is 5.79. The van der Waals surface area contributed by atoms with Crippen molar-refractivity contribution in [1.29, 1.82) is 0 Å². The molecule has 0 saturated heterocycles. The van der Waals surface area contributed by atoms with Crippen LogP contribution in [0.3, 0.4) is 0 Å². The Morgan fingerprint density at radius 2 is 1.89 bits per heavy atom. The lowest BCUT2D eigenvalue weighted by Gasteiger charge is -2.18. The molecule has 3 nitrogen and oxygen atoms in total. The minimum Gasteiger partial charge on any atom is -0.465 e. The summed E-state index contributed by atoms with van der Waals surface area (Å²) < 4.78 is 0.992. The highest BCUT2D eigenvalue weighted by Gasteiger charge is 2.13. The molecule has 2 rings (SSSR count). The largest absolute Gasteiger partial charge is 0.465 e. The number of hydrogen-bond acceptors (Lipinski definition) is 2. The van der Waals surface area contributed by atoms with Gasteiger partial charge >= 0.3 is 6.09 Å². The number of nitrogens with zero attached hydrogens (tertiary/aromatic N) is 1. The molecule has 0 unspecified atom stereocenters. The summed E-state index contributed by atoms with van der Waals surface area (Å²) in [7, 11) is 0. The first-order chi connectivity index (χ1) is 8.65. The van der Waals surface area contributed by atoms with Crippen molar-refractivity contribution in [1.82, 2.24) is 4.90 Å². The average molecular weight is 363 g/mol. The molecular formula is C13H13BrClNO2S. The molecule has 0 bridgehead atoms. The minimum absolute atomic E-state index is 0. The molecule has 1 N–H and O–H groups in total.